The lowest BCUT2D eigenvalue weighted by Gasteiger charge is -2.34. The Balaban J connectivity index is 1.23. The van der Waals surface area contributed by atoms with E-state index in [0.717, 1.165) is 69.1 Å². The quantitative estimate of drug-likeness (QED) is 0.240. The minimum Gasteiger partial charge on any atom is -0.508 e. The number of aromatic hydroxyl groups is 1. The highest BCUT2D eigenvalue weighted by Gasteiger charge is 2.34. The average Bonchev–Trinajstić information content (AvgIpc) is 3.62. The van der Waals surface area contributed by atoms with Crippen LogP contribution in [-0.4, -0.2) is 83.3 Å². The van der Waals surface area contributed by atoms with Crippen molar-refractivity contribution < 1.29 is 19.0 Å². The molecule has 3 aliphatic heterocycles. The monoisotopic (exact) mass is 598 g/mol. The van der Waals surface area contributed by atoms with Crippen molar-refractivity contribution in [3.63, 3.8) is 0 Å². The first-order chi connectivity index (χ1) is 21.4. The maximum absolute atomic E-state index is 16.6. The van der Waals surface area contributed by atoms with Crippen LogP contribution in [0.5, 0.6) is 11.8 Å². The zero-order valence-corrected chi connectivity index (χ0v) is 25.1. The van der Waals surface area contributed by atoms with Gasteiger partial charge >= 0.3 is 6.01 Å². The number of fused-ring (bicyclic) bond motifs is 4. The third-order valence-electron chi connectivity index (χ3n) is 9.32. The zero-order valence-electron chi connectivity index (χ0n) is 25.1. The topological polar surface area (TPSA) is 103 Å². The number of amides is 1. The predicted octanol–water partition coefficient (Wildman–Crippen LogP) is 4.60. The van der Waals surface area contributed by atoms with E-state index in [2.05, 4.69) is 25.4 Å². The fourth-order valence-electron chi connectivity index (χ4n) is 7.22. The fraction of sp³-hybridized carbons (Fsp3) is 0.441. The van der Waals surface area contributed by atoms with Crippen LogP contribution >= 0.6 is 0 Å². The first kappa shape index (κ1) is 28.7. The van der Waals surface area contributed by atoms with Crippen LogP contribution in [0.4, 0.5) is 10.2 Å². The van der Waals surface area contributed by atoms with Crippen molar-refractivity contribution in [1.29, 1.82) is 0 Å². The van der Waals surface area contributed by atoms with Gasteiger partial charge in [-0.2, -0.15) is 9.97 Å². The molecule has 0 saturated carbocycles. The summed E-state index contributed by atoms with van der Waals surface area (Å²) in [4.78, 5) is 25.5. The van der Waals surface area contributed by atoms with Gasteiger partial charge in [-0.15, -0.1) is 0 Å². The Labute approximate surface area is 256 Å². The molecule has 4 heterocycles. The molecule has 3 saturated heterocycles. The molecule has 3 aromatic carbocycles. The van der Waals surface area contributed by atoms with Gasteiger partial charge in [-0.05, 0) is 73.2 Å². The number of hydrogen-bond acceptors (Lipinski definition) is 8. The molecule has 44 heavy (non-hydrogen) atoms. The second kappa shape index (κ2) is 12.2. The first-order valence-corrected chi connectivity index (χ1v) is 15.8. The van der Waals surface area contributed by atoms with E-state index in [1.807, 2.05) is 30.3 Å². The van der Waals surface area contributed by atoms with Crippen molar-refractivity contribution in [2.75, 3.05) is 44.2 Å². The average molecular weight is 599 g/mol. The first-order valence-electron chi connectivity index (χ1n) is 15.8. The molecule has 9 nitrogen and oxygen atoms in total. The minimum atomic E-state index is -0.453. The number of piperazine rings is 1. The van der Waals surface area contributed by atoms with Crippen LogP contribution in [0, 0.1) is 5.82 Å². The molecule has 0 radical (unpaired) electrons. The molecule has 3 aliphatic rings. The van der Waals surface area contributed by atoms with Crippen molar-refractivity contribution in [2.45, 2.75) is 57.2 Å². The predicted molar refractivity (Wildman–Crippen MR) is 170 cm³/mol. The molecule has 1 amide bonds. The van der Waals surface area contributed by atoms with Crippen LogP contribution in [0.3, 0.4) is 0 Å². The Morgan fingerprint density at radius 3 is 2.70 bits per heavy atom. The summed E-state index contributed by atoms with van der Waals surface area (Å²) in [6, 6.07) is 15.8. The summed E-state index contributed by atoms with van der Waals surface area (Å²) in [6.45, 7) is 6.05. The smallest absolute Gasteiger partial charge is 0.319 e. The SMILES string of the molecule is CC(=O)NCCCN1CCC[C@@H]1COc1nc(N2C[C@H]3CC[C@@H](C2)N3)c2ccc(-c3cc(O)cc4ccccc34)c(F)c2n1. The number of anilines is 1. The van der Waals surface area contributed by atoms with Crippen molar-refractivity contribution in [1.82, 2.24) is 25.5 Å². The van der Waals surface area contributed by atoms with Crippen LogP contribution in [0.15, 0.2) is 48.5 Å². The van der Waals surface area contributed by atoms with Crippen LogP contribution in [0.25, 0.3) is 32.8 Å². The maximum Gasteiger partial charge on any atom is 0.319 e. The number of phenolic OH excluding ortho intramolecular Hbond substituents is 1. The number of aromatic nitrogens is 2. The van der Waals surface area contributed by atoms with Gasteiger partial charge in [-0.3, -0.25) is 9.69 Å². The fourth-order valence-corrected chi connectivity index (χ4v) is 7.22. The van der Waals surface area contributed by atoms with Gasteiger partial charge in [0, 0.05) is 62.2 Å². The maximum atomic E-state index is 16.6. The van der Waals surface area contributed by atoms with Crippen LogP contribution in [0.1, 0.15) is 39.0 Å². The molecule has 0 unspecified atom stereocenters. The van der Waals surface area contributed by atoms with Crippen LogP contribution in [-0.2, 0) is 4.79 Å². The Hall–Kier alpha value is -4.02. The molecule has 7 rings (SSSR count). The Morgan fingerprint density at radius 2 is 1.89 bits per heavy atom. The Morgan fingerprint density at radius 1 is 1.07 bits per heavy atom. The Bertz CT molecular complexity index is 1690. The third-order valence-corrected chi connectivity index (χ3v) is 9.32. The summed E-state index contributed by atoms with van der Waals surface area (Å²) in [5, 5.41) is 19.4. The molecular weight excluding hydrogens is 559 g/mol. The summed E-state index contributed by atoms with van der Waals surface area (Å²) >= 11 is 0. The molecule has 0 aliphatic carbocycles. The lowest BCUT2D eigenvalue weighted by Crippen LogP contribution is -2.51. The molecule has 1 aromatic heterocycles. The standard InChI is InChI=1S/C34H39FN6O3/c1-21(42)36-13-5-15-40-14-4-7-25(40)20-44-34-38-32-29(33(39-34)41-18-23-9-10-24(19-41)37-23)12-11-28(31(32)35)30-17-26(43)16-22-6-2-3-8-27(22)30/h2-3,6,8,11-12,16-17,23-25,37,43H,4-5,7,9-10,13-15,18-20H2,1H3,(H,36,42)/t23-,24+,25-/m1/s1. The number of nitrogens with zero attached hydrogens (tertiary/aromatic N) is 4. The molecule has 0 spiro atoms. The van der Waals surface area contributed by atoms with Crippen LogP contribution < -0.4 is 20.3 Å². The Kier molecular flexibility index (Phi) is 7.95. The summed E-state index contributed by atoms with van der Waals surface area (Å²) in [7, 11) is 0. The number of nitrogens with one attached hydrogen (secondary N) is 2. The summed E-state index contributed by atoms with van der Waals surface area (Å²) in [6.07, 6.45) is 5.20. The highest BCUT2D eigenvalue weighted by molar-refractivity contribution is 6.01. The van der Waals surface area contributed by atoms with E-state index in [4.69, 9.17) is 9.72 Å². The molecule has 10 heteroatoms. The number of benzene rings is 3. The van der Waals surface area contributed by atoms with Gasteiger partial charge in [0.1, 0.15) is 23.7 Å². The lowest BCUT2D eigenvalue weighted by molar-refractivity contribution is -0.118. The molecule has 230 valence electrons. The minimum absolute atomic E-state index is 0.0132. The highest BCUT2D eigenvalue weighted by Crippen LogP contribution is 2.39. The van der Waals surface area contributed by atoms with E-state index in [0.29, 0.717) is 47.6 Å². The van der Waals surface area contributed by atoms with Crippen LogP contribution in [0.2, 0.25) is 0 Å². The lowest BCUT2D eigenvalue weighted by atomic mass is 9.96. The number of halogens is 1. The number of phenols is 1. The van der Waals surface area contributed by atoms with E-state index in [1.54, 1.807) is 18.2 Å². The number of likely N-dealkylation sites (tertiary alicyclic amines) is 1. The normalized spacial score (nSPS) is 21.8. The van der Waals surface area contributed by atoms with Gasteiger partial charge in [0.05, 0.1) is 0 Å². The third kappa shape index (κ3) is 5.76. The molecular formula is C34H39FN6O3. The molecule has 2 bridgehead atoms. The van der Waals surface area contributed by atoms with Gasteiger partial charge < -0.3 is 25.4 Å². The van der Waals surface area contributed by atoms with Gasteiger partial charge in [0.15, 0.2) is 5.82 Å². The van der Waals surface area contributed by atoms with E-state index in [9.17, 15) is 9.90 Å². The number of rotatable bonds is 9. The number of ether oxygens (including phenoxy) is 1. The van der Waals surface area contributed by atoms with E-state index >= 15 is 4.39 Å². The zero-order chi connectivity index (χ0) is 30.2. The van der Waals surface area contributed by atoms with E-state index in [-0.39, 0.29) is 29.2 Å². The number of carbonyl (C=O) groups is 1. The van der Waals surface area contributed by atoms with Gasteiger partial charge in [-0.25, -0.2) is 4.39 Å². The van der Waals surface area contributed by atoms with Gasteiger partial charge in [0.2, 0.25) is 5.91 Å². The highest BCUT2D eigenvalue weighted by atomic mass is 19.1. The molecule has 3 N–H and O–H groups in total. The van der Waals surface area contributed by atoms with Crippen molar-refractivity contribution in [3.8, 4) is 22.9 Å². The second-order valence-electron chi connectivity index (χ2n) is 12.4. The van der Waals surface area contributed by atoms with Gasteiger partial charge in [-0.1, -0.05) is 30.3 Å². The number of hydrogen-bond donors (Lipinski definition) is 3. The molecule has 3 atom stereocenters. The largest absolute Gasteiger partial charge is 0.508 e. The van der Waals surface area contributed by atoms with E-state index in [1.165, 1.54) is 6.92 Å². The van der Waals surface area contributed by atoms with Crippen molar-refractivity contribution in [2.24, 2.45) is 0 Å². The number of carbonyl (C=O) groups excluding carboxylic acids is 1. The summed E-state index contributed by atoms with van der Waals surface area (Å²) in [5.41, 5.74) is 1.21. The molecule has 4 aromatic rings. The van der Waals surface area contributed by atoms with Gasteiger partial charge in [0.25, 0.3) is 0 Å². The molecule has 3 fully saturated rings. The summed E-state index contributed by atoms with van der Waals surface area (Å²) < 4.78 is 22.9. The van der Waals surface area contributed by atoms with E-state index < -0.39 is 5.82 Å². The van der Waals surface area contributed by atoms with Crippen molar-refractivity contribution in [3.05, 3.63) is 54.3 Å². The van der Waals surface area contributed by atoms with Crippen molar-refractivity contribution >= 4 is 33.4 Å². The second-order valence-corrected chi connectivity index (χ2v) is 12.4. The summed E-state index contributed by atoms with van der Waals surface area (Å²) in [5.74, 6) is 0.319.